The summed E-state index contributed by atoms with van der Waals surface area (Å²) in [4.78, 5) is 5.68. The minimum absolute atomic E-state index is 0.735. The van der Waals surface area contributed by atoms with Crippen molar-refractivity contribution in [3.05, 3.63) is 59.6 Å². The molecule has 94 valence electrons. The number of nitrogens with zero attached hydrogens (tertiary/aromatic N) is 1. The number of hydrogen-bond donors (Lipinski definition) is 1. The number of benzene rings is 2. The van der Waals surface area contributed by atoms with Crippen LogP contribution in [-0.4, -0.2) is 4.98 Å². The van der Waals surface area contributed by atoms with E-state index in [0.29, 0.717) is 0 Å². The van der Waals surface area contributed by atoms with Crippen molar-refractivity contribution in [3.63, 3.8) is 0 Å². The van der Waals surface area contributed by atoms with Crippen LogP contribution in [0.3, 0.4) is 0 Å². The number of hydrogen-bond acceptors (Lipinski definition) is 3. The lowest BCUT2D eigenvalue weighted by Gasteiger charge is -2.04. The van der Waals surface area contributed by atoms with Crippen molar-refractivity contribution in [1.82, 2.24) is 4.98 Å². The molecule has 0 amide bonds. The molecule has 0 saturated heterocycles. The lowest BCUT2D eigenvalue weighted by molar-refractivity contribution is 1.19. The average Bonchev–Trinajstić information content (AvgIpc) is 2.39. The Morgan fingerprint density at radius 1 is 1.00 bits per heavy atom. The Balaban J connectivity index is 1.95. The van der Waals surface area contributed by atoms with E-state index in [1.165, 1.54) is 0 Å². The van der Waals surface area contributed by atoms with Crippen LogP contribution in [0.4, 0.5) is 5.69 Å². The van der Waals surface area contributed by atoms with Gasteiger partial charge in [0, 0.05) is 21.0 Å². The van der Waals surface area contributed by atoms with Crippen LogP contribution in [0.5, 0.6) is 0 Å². The number of anilines is 1. The van der Waals surface area contributed by atoms with Crippen molar-refractivity contribution in [2.45, 2.75) is 9.92 Å². The fraction of sp³-hybridized carbons (Fsp3) is 0. The van der Waals surface area contributed by atoms with Crippen LogP contribution >= 0.6 is 23.4 Å². The first-order chi connectivity index (χ1) is 9.20. The van der Waals surface area contributed by atoms with E-state index < -0.39 is 0 Å². The maximum Gasteiger partial charge on any atom is 0.101 e. The summed E-state index contributed by atoms with van der Waals surface area (Å²) in [7, 11) is 0. The normalized spacial score (nSPS) is 10.8. The molecular formula is C15H11ClN2S. The van der Waals surface area contributed by atoms with Crippen molar-refractivity contribution in [3.8, 4) is 0 Å². The fourth-order valence-electron chi connectivity index (χ4n) is 1.83. The van der Waals surface area contributed by atoms with Gasteiger partial charge in [0.25, 0.3) is 0 Å². The van der Waals surface area contributed by atoms with E-state index in [4.69, 9.17) is 17.3 Å². The van der Waals surface area contributed by atoms with Crippen LogP contribution in [-0.2, 0) is 0 Å². The first-order valence-electron chi connectivity index (χ1n) is 5.80. The molecule has 2 nitrogen and oxygen atoms in total. The van der Waals surface area contributed by atoms with Gasteiger partial charge in [0.1, 0.15) is 5.03 Å². The Morgan fingerprint density at radius 2 is 1.89 bits per heavy atom. The second-order valence-electron chi connectivity index (χ2n) is 4.16. The first-order valence-corrected chi connectivity index (χ1v) is 7.00. The highest BCUT2D eigenvalue weighted by molar-refractivity contribution is 7.99. The number of halogens is 1. The van der Waals surface area contributed by atoms with E-state index >= 15 is 0 Å². The molecule has 2 N–H and O–H groups in total. The molecule has 3 rings (SSSR count). The summed E-state index contributed by atoms with van der Waals surface area (Å²) in [6.07, 6.45) is 0. The molecule has 3 aromatic rings. The molecule has 19 heavy (non-hydrogen) atoms. The summed E-state index contributed by atoms with van der Waals surface area (Å²) in [6, 6.07) is 17.5. The molecule has 0 aliphatic carbocycles. The van der Waals surface area contributed by atoms with Gasteiger partial charge in [-0.3, -0.25) is 0 Å². The van der Waals surface area contributed by atoms with E-state index in [0.717, 1.165) is 31.5 Å². The lowest BCUT2D eigenvalue weighted by atomic mass is 10.2. The van der Waals surface area contributed by atoms with Gasteiger partial charge in [-0.05, 0) is 42.5 Å². The van der Waals surface area contributed by atoms with Gasteiger partial charge in [-0.2, -0.15) is 0 Å². The Kier molecular flexibility index (Phi) is 3.32. The molecule has 0 aliphatic heterocycles. The number of pyridine rings is 1. The third kappa shape index (κ3) is 2.83. The van der Waals surface area contributed by atoms with E-state index in [2.05, 4.69) is 4.98 Å². The van der Waals surface area contributed by atoms with Crippen LogP contribution < -0.4 is 5.73 Å². The predicted molar refractivity (Wildman–Crippen MR) is 81.7 cm³/mol. The van der Waals surface area contributed by atoms with Crippen molar-refractivity contribution in [2.24, 2.45) is 0 Å². The molecule has 4 heteroatoms. The van der Waals surface area contributed by atoms with Crippen molar-refractivity contribution in [2.75, 3.05) is 5.73 Å². The molecule has 0 unspecified atom stereocenters. The summed E-state index contributed by atoms with van der Waals surface area (Å²) in [5.41, 5.74) is 7.45. The zero-order valence-corrected chi connectivity index (χ0v) is 11.6. The van der Waals surface area contributed by atoms with Crippen LogP contribution in [0.2, 0.25) is 5.02 Å². The van der Waals surface area contributed by atoms with E-state index in [9.17, 15) is 0 Å². The molecule has 0 aliphatic rings. The summed E-state index contributed by atoms with van der Waals surface area (Å²) < 4.78 is 0. The van der Waals surface area contributed by atoms with Gasteiger partial charge in [0.05, 0.1) is 5.52 Å². The molecule has 1 heterocycles. The Bertz CT molecular complexity index is 743. The molecule has 0 atom stereocenters. The van der Waals surface area contributed by atoms with Crippen LogP contribution in [0, 0.1) is 0 Å². The monoisotopic (exact) mass is 286 g/mol. The Labute approximate surface area is 120 Å². The number of fused-ring (bicyclic) bond motifs is 1. The Hall–Kier alpha value is -1.71. The summed E-state index contributed by atoms with van der Waals surface area (Å²) in [6.45, 7) is 0. The molecule has 2 aromatic carbocycles. The zero-order valence-electron chi connectivity index (χ0n) is 10.0. The van der Waals surface area contributed by atoms with Crippen molar-refractivity contribution >= 4 is 40.0 Å². The van der Waals surface area contributed by atoms with Crippen LogP contribution in [0.15, 0.2) is 64.5 Å². The quantitative estimate of drug-likeness (QED) is 0.699. The van der Waals surface area contributed by atoms with Gasteiger partial charge in [-0.15, -0.1) is 0 Å². The number of rotatable bonds is 2. The fourth-order valence-corrected chi connectivity index (χ4v) is 2.94. The lowest BCUT2D eigenvalue weighted by Crippen LogP contribution is -1.87. The first kappa shape index (κ1) is 12.3. The third-order valence-corrected chi connectivity index (χ3v) is 3.87. The topological polar surface area (TPSA) is 38.9 Å². The maximum absolute atomic E-state index is 5.98. The average molecular weight is 287 g/mol. The van der Waals surface area contributed by atoms with Crippen molar-refractivity contribution < 1.29 is 0 Å². The largest absolute Gasteiger partial charge is 0.399 e. The standard InChI is InChI=1S/C15H11ClN2S/c16-11-2-1-3-13(9-11)19-15-7-4-10-8-12(17)5-6-14(10)18-15/h1-9H,17H2. The second kappa shape index (κ2) is 5.11. The third-order valence-electron chi connectivity index (χ3n) is 2.71. The second-order valence-corrected chi connectivity index (χ2v) is 5.69. The minimum Gasteiger partial charge on any atom is -0.399 e. The molecule has 0 bridgehead atoms. The smallest absolute Gasteiger partial charge is 0.101 e. The molecule has 0 spiro atoms. The summed E-state index contributed by atoms with van der Waals surface area (Å²) in [5.74, 6) is 0. The van der Waals surface area contributed by atoms with Gasteiger partial charge in [0.2, 0.25) is 0 Å². The summed E-state index contributed by atoms with van der Waals surface area (Å²) >= 11 is 7.57. The van der Waals surface area contributed by atoms with E-state index in [1.807, 2.05) is 54.6 Å². The van der Waals surface area contributed by atoms with Gasteiger partial charge < -0.3 is 5.73 Å². The molecule has 0 fully saturated rings. The number of aromatic nitrogens is 1. The highest BCUT2D eigenvalue weighted by atomic mass is 35.5. The highest BCUT2D eigenvalue weighted by Gasteiger charge is 2.02. The van der Waals surface area contributed by atoms with Gasteiger partial charge >= 0.3 is 0 Å². The molecule has 1 aromatic heterocycles. The highest BCUT2D eigenvalue weighted by Crippen LogP contribution is 2.29. The SMILES string of the molecule is Nc1ccc2nc(Sc3cccc(Cl)c3)ccc2c1. The van der Waals surface area contributed by atoms with E-state index in [1.54, 1.807) is 11.8 Å². The number of nitrogens with two attached hydrogens (primary N) is 1. The minimum atomic E-state index is 0.735. The molecule has 0 radical (unpaired) electrons. The van der Waals surface area contributed by atoms with Crippen LogP contribution in [0.25, 0.3) is 10.9 Å². The molecule has 0 saturated carbocycles. The number of nitrogen functional groups attached to an aromatic ring is 1. The Morgan fingerprint density at radius 3 is 2.74 bits per heavy atom. The zero-order chi connectivity index (χ0) is 13.2. The van der Waals surface area contributed by atoms with Crippen LogP contribution in [0.1, 0.15) is 0 Å². The maximum atomic E-state index is 5.98. The van der Waals surface area contributed by atoms with Gasteiger partial charge in [-0.1, -0.05) is 35.5 Å². The summed E-state index contributed by atoms with van der Waals surface area (Å²) in [5, 5.41) is 2.73. The molecular weight excluding hydrogens is 276 g/mol. The van der Waals surface area contributed by atoms with E-state index in [-0.39, 0.29) is 0 Å². The van der Waals surface area contributed by atoms with Gasteiger partial charge in [-0.25, -0.2) is 4.98 Å². The van der Waals surface area contributed by atoms with Crippen molar-refractivity contribution in [1.29, 1.82) is 0 Å². The predicted octanol–water partition coefficient (Wildman–Crippen LogP) is 4.62. The van der Waals surface area contributed by atoms with Gasteiger partial charge in [0.15, 0.2) is 0 Å².